The van der Waals surface area contributed by atoms with Gasteiger partial charge in [-0.05, 0) is 58.0 Å². The number of para-hydroxylation sites is 2. The normalized spacial score (nSPS) is 15.7. The van der Waals surface area contributed by atoms with Crippen molar-refractivity contribution in [3.05, 3.63) is 139 Å². The zero-order valence-electron chi connectivity index (χ0n) is 28.3. The molecule has 1 unspecified atom stereocenters. The van der Waals surface area contributed by atoms with E-state index in [-0.39, 0.29) is 10.8 Å². The van der Waals surface area contributed by atoms with E-state index in [1.165, 1.54) is 22.3 Å². The second kappa shape index (κ2) is 10.2. The van der Waals surface area contributed by atoms with E-state index in [0.717, 1.165) is 60.6 Å². The smallest absolute Gasteiger partial charge is 0.164 e. The van der Waals surface area contributed by atoms with Crippen LogP contribution in [0.1, 0.15) is 38.8 Å². The van der Waals surface area contributed by atoms with Crippen LogP contribution in [0, 0.1) is 5.41 Å². The van der Waals surface area contributed by atoms with Gasteiger partial charge in [-0.25, -0.2) is 15.0 Å². The predicted molar refractivity (Wildman–Crippen MR) is 202 cm³/mol. The van der Waals surface area contributed by atoms with Gasteiger partial charge in [0.05, 0.1) is 0 Å². The highest BCUT2D eigenvalue weighted by molar-refractivity contribution is 6.15. The van der Waals surface area contributed by atoms with Gasteiger partial charge >= 0.3 is 0 Å². The quantitative estimate of drug-likeness (QED) is 0.191. The molecule has 10 rings (SSSR count). The fourth-order valence-corrected chi connectivity index (χ4v) is 8.10. The van der Waals surface area contributed by atoms with Gasteiger partial charge in [-0.2, -0.15) is 0 Å². The molecule has 5 nitrogen and oxygen atoms in total. The van der Waals surface area contributed by atoms with Crippen LogP contribution in [0.15, 0.2) is 136 Å². The van der Waals surface area contributed by atoms with Crippen LogP contribution < -0.4 is 0 Å². The van der Waals surface area contributed by atoms with Crippen LogP contribution in [0.25, 0.3) is 89.2 Å². The molecule has 0 spiro atoms. The molecule has 5 heteroatoms. The van der Waals surface area contributed by atoms with Crippen LogP contribution in [0.2, 0.25) is 0 Å². The van der Waals surface area contributed by atoms with Gasteiger partial charge in [-0.3, -0.25) is 0 Å². The number of fused-ring (bicyclic) bond motifs is 10. The van der Waals surface area contributed by atoms with Crippen molar-refractivity contribution in [3.63, 3.8) is 0 Å². The second-order valence-corrected chi connectivity index (χ2v) is 14.5. The highest BCUT2D eigenvalue weighted by atomic mass is 16.3. The van der Waals surface area contributed by atoms with Crippen molar-refractivity contribution < 1.29 is 8.83 Å². The fraction of sp³-hybridized carbons (Fsp3) is 0.133. The molecule has 1 aliphatic carbocycles. The Labute approximate surface area is 289 Å². The van der Waals surface area contributed by atoms with E-state index in [1.54, 1.807) is 0 Å². The lowest BCUT2D eigenvalue weighted by molar-refractivity contribution is 0.255. The van der Waals surface area contributed by atoms with Crippen molar-refractivity contribution >= 4 is 43.9 Å². The highest BCUT2D eigenvalue weighted by Crippen LogP contribution is 2.59. The number of aromatic nitrogens is 3. The Morgan fingerprint density at radius 2 is 1.06 bits per heavy atom. The number of benzene rings is 6. The minimum Gasteiger partial charge on any atom is -0.456 e. The number of rotatable bonds is 3. The Hall–Kier alpha value is -6.07. The standard InChI is InChI=1S/C45H33N3O2/c1-44(2,3)45(4)32-22-21-27(25-31(32)39-33(45)23-24-37-40(39)29-16-9-11-19-35(29)50-37)42-46-41(26-13-6-5-7-14-26)47-43(48-42)30-17-12-20-36-38(30)28-15-8-10-18-34(28)49-36/h5-25H,1-4H3. The Balaban J connectivity index is 1.25. The van der Waals surface area contributed by atoms with Crippen molar-refractivity contribution in [2.24, 2.45) is 5.41 Å². The summed E-state index contributed by atoms with van der Waals surface area (Å²) in [6.45, 7) is 9.39. The Bertz CT molecular complexity index is 2820. The van der Waals surface area contributed by atoms with E-state index in [0.29, 0.717) is 17.5 Å². The summed E-state index contributed by atoms with van der Waals surface area (Å²) in [5.41, 5.74) is 11.0. The zero-order chi connectivity index (χ0) is 33.8. The molecular weight excluding hydrogens is 615 g/mol. The summed E-state index contributed by atoms with van der Waals surface area (Å²) in [7, 11) is 0. The van der Waals surface area contributed by atoms with Gasteiger partial charge in [-0.15, -0.1) is 0 Å². The number of hydrogen-bond acceptors (Lipinski definition) is 5. The first-order valence-electron chi connectivity index (χ1n) is 17.1. The average molecular weight is 648 g/mol. The lowest BCUT2D eigenvalue weighted by Crippen LogP contribution is -2.36. The van der Waals surface area contributed by atoms with Crippen molar-refractivity contribution in [1.82, 2.24) is 15.0 Å². The molecule has 0 fully saturated rings. The van der Waals surface area contributed by atoms with Crippen molar-refractivity contribution in [2.75, 3.05) is 0 Å². The predicted octanol–water partition coefficient (Wildman–Crippen LogP) is 12.0. The van der Waals surface area contributed by atoms with E-state index >= 15 is 0 Å². The second-order valence-electron chi connectivity index (χ2n) is 14.5. The summed E-state index contributed by atoms with van der Waals surface area (Å²) in [6.07, 6.45) is 0. The maximum absolute atomic E-state index is 6.41. The van der Waals surface area contributed by atoms with Gasteiger partial charge in [0.2, 0.25) is 0 Å². The van der Waals surface area contributed by atoms with Crippen molar-refractivity contribution in [1.29, 1.82) is 0 Å². The van der Waals surface area contributed by atoms with Gasteiger partial charge in [0.25, 0.3) is 0 Å². The lowest BCUT2D eigenvalue weighted by atomic mass is 9.62. The van der Waals surface area contributed by atoms with Gasteiger partial charge < -0.3 is 8.83 Å². The molecule has 0 N–H and O–H groups in total. The summed E-state index contributed by atoms with van der Waals surface area (Å²) in [5.74, 6) is 1.85. The first-order chi connectivity index (χ1) is 24.3. The molecule has 1 atom stereocenters. The molecule has 6 aromatic carbocycles. The first-order valence-corrected chi connectivity index (χ1v) is 17.1. The Morgan fingerprint density at radius 1 is 0.480 bits per heavy atom. The third-order valence-electron chi connectivity index (χ3n) is 11.0. The Morgan fingerprint density at radius 3 is 1.78 bits per heavy atom. The highest BCUT2D eigenvalue weighted by Gasteiger charge is 2.48. The molecule has 3 heterocycles. The summed E-state index contributed by atoms with van der Waals surface area (Å²) < 4.78 is 12.7. The van der Waals surface area contributed by atoms with E-state index in [1.807, 2.05) is 66.7 Å². The van der Waals surface area contributed by atoms with E-state index < -0.39 is 0 Å². The lowest BCUT2D eigenvalue weighted by Gasteiger charge is -2.41. The summed E-state index contributed by atoms with van der Waals surface area (Å²) in [4.78, 5) is 15.4. The van der Waals surface area contributed by atoms with Gasteiger partial charge in [0.1, 0.15) is 22.3 Å². The molecule has 0 bridgehead atoms. The monoisotopic (exact) mass is 647 g/mol. The van der Waals surface area contributed by atoms with Gasteiger partial charge in [-0.1, -0.05) is 125 Å². The maximum Gasteiger partial charge on any atom is 0.164 e. The van der Waals surface area contributed by atoms with Crippen LogP contribution in [-0.2, 0) is 5.41 Å². The molecule has 0 saturated heterocycles. The third-order valence-corrected chi connectivity index (χ3v) is 11.0. The molecule has 3 aromatic heterocycles. The maximum atomic E-state index is 6.41. The van der Waals surface area contributed by atoms with E-state index in [2.05, 4.69) is 88.4 Å². The largest absolute Gasteiger partial charge is 0.456 e. The first kappa shape index (κ1) is 28.9. The van der Waals surface area contributed by atoms with E-state index in [9.17, 15) is 0 Å². The van der Waals surface area contributed by atoms with Crippen LogP contribution in [-0.4, -0.2) is 15.0 Å². The number of furan rings is 2. The molecule has 9 aromatic rings. The molecule has 0 saturated carbocycles. The minimum absolute atomic E-state index is 0.0609. The number of nitrogens with zero attached hydrogens (tertiary/aromatic N) is 3. The minimum atomic E-state index is -0.236. The average Bonchev–Trinajstić information content (AvgIpc) is 3.80. The fourth-order valence-electron chi connectivity index (χ4n) is 8.10. The van der Waals surface area contributed by atoms with Gasteiger partial charge in [0.15, 0.2) is 17.5 Å². The SMILES string of the molecule is CC(C)(C)C1(C)c2ccc(-c3nc(-c4ccccc4)nc(-c4cccc5oc6ccccc6c45)n3)cc2-c2c1ccc1oc3ccccc3c21. The summed E-state index contributed by atoms with van der Waals surface area (Å²) in [5, 5.41) is 4.32. The molecule has 1 aliphatic rings. The van der Waals surface area contributed by atoms with Gasteiger partial charge in [0, 0.05) is 43.7 Å². The summed E-state index contributed by atoms with van der Waals surface area (Å²) >= 11 is 0. The molecule has 0 radical (unpaired) electrons. The van der Waals surface area contributed by atoms with Crippen molar-refractivity contribution in [3.8, 4) is 45.3 Å². The van der Waals surface area contributed by atoms with Crippen LogP contribution in [0.5, 0.6) is 0 Å². The number of hydrogen-bond donors (Lipinski definition) is 0. The zero-order valence-corrected chi connectivity index (χ0v) is 28.3. The Kier molecular flexibility index (Phi) is 5.91. The van der Waals surface area contributed by atoms with Crippen LogP contribution >= 0.6 is 0 Å². The topological polar surface area (TPSA) is 65.0 Å². The summed E-state index contributed by atoms with van der Waals surface area (Å²) in [6, 6.07) is 43.9. The van der Waals surface area contributed by atoms with Crippen LogP contribution in [0.4, 0.5) is 0 Å². The van der Waals surface area contributed by atoms with Crippen LogP contribution in [0.3, 0.4) is 0 Å². The van der Waals surface area contributed by atoms with E-state index in [4.69, 9.17) is 23.8 Å². The molecule has 0 aliphatic heterocycles. The van der Waals surface area contributed by atoms with Crippen molar-refractivity contribution in [2.45, 2.75) is 33.1 Å². The molecular formula is C45H33N3O2. The third kappa shape index (κ3) is 3.98. The molecule has 0 amide bonds. The molecule has 50 heavy (non-hydrogen) atoms. The molecule has 240 valence electrons.